The highest BCUT2D eigenvalue weighted by Crippen LogP contribution is 2.39. The van der Waals surface area contributed by atoms with Gasteiger partial charge in [0.15, 0.2) is 18.1 Å². The highest BCUT2D eigenvalue weighted by atomic mass is 16.5. The zero-order valence-electron chi connectivity index (χ0n) is 18.4. The largest absolute Gasteiger partial charge is 0.490 e. The summed E-state index contributed by atoms with van der Waals surface area (Å²) in [5.74, 6) is 0.790. The molecule has 2 amide bonds. The number of hydrogen-bond acceptors (Lipinski definition) is 6. The molecule has 2 rings (SSSR count). The molecule has 0 bridgehead atoms. The van der Waals surface area contributed by atoms with E-state index in [2.05, 4.69) is 17.8 Å². The van der Waals surface area contributed by atoms with Crippen LogP contribution in [0.25, 0.3) is 0 Å². The SMILES string of the molecule is CCOc1cc(C(=O)NNC(=O)COc2ccc(CC)cc2)cc(OCC)c1OCC. The molecule has 8 nitrogen and oxygen atoms in total. The van der Waals surface area contributed by atoms with E-state index in [-0.39, 0.29) is 12.2 Å². The number of aryl methyl sites for hydroxylation is 1. The highest BCUT2D eigenvalue weighted by Gasteiger charge is 2.18. The van der Waals surface area contributed by atoms with Gasteiger partial charge in [0.25, 0.3) is 11.8 Å². The lowest BCUT2D eigenvalue weighted by Gasteiger charge is -2.17. The number of rotatable bonds is 11. The summed E-state index contributed by atoms with van der Waals surface area (Å²) in [6, 6.07) is 10.6. The summed E-state index contributed by atoms with van der Waals surface area (Å²) in [7, 11) is 0. The molecule has 0 saturated heterocycles. The van der Waals surface area contributed by atoms with Crippen LogP contribution in [-0.2, 0) is 11.2 Å². The zero-order valence-corrected chi connectivity index (χ0v) is 18.4. The van der Waals surface area contributed by atoms with Gasteiger partial charge in [-0.05, 0) is 57.0 Å². The summed E-state index contributed by atoms with van der Waals surface area (Å²) in [6.07, 6.45) is 0.925. The van der Waals surface area contributed by atoms with Crippen molar-refractivity contribution in [2.45, 2.75) is 34.1 Å². The van der Waals surface area contributed by atoms with Crippen LogP contribution >= 0.6 is 0 Å². The van der Waals surface area contributed by atoms with Gasteiger partial charge in [0, 0.05) is 5.56 Å². The third-order valence-corrected chi connectivity index (χ3v) is 4.19. The quantitative estimate of drug-likeness (QED) is 0.531. The van der Waals surface area contributed by atoms with Gasteiger partial charge >= 0.3 is 0 Å². The van der Waals surface area contributed by atoms with E-state index in [4.69, 9.17) is 18.9 Å². The number of carbonyl (C=O) groups excluding carboxylic acids is 2. The number of benzene rings is 2. The predicted molar refractivity (Wildman–Crippen MR) is 117 cm³/mol. The van der Waals surface area contributed by atoms with Gasteiger partial charge in [-0.2, -0.15) is 0 Å². The molecular weight excluding hydrogens is 400 g/mol. The average Bonchev–Trinajstić information content (AvgIpc) is 2.78. The molecule has 0 aliphatic rings. The standard InChI is InChI=1S/C23H30N2O6/c1-5-16-9-11-18(12-10-16)31-15-21(26)24-25-23(27)17-13-19(28-6-2)22(30-8-4)20(14-17)29-7-3/h9-14H,5-8,15H2,1-4H3,(H,24,26)(H,25,27). The van der Waals surface area contributed by atoms with Gasteiger partial charge < -0.3 is 18.9 Å². The van der Waals surface area contributed by atoms with E-state index in [0.29, 0.717) is 42.8 Å². The van der Waals surface area contributed by atoms with Crippen LogP contribution in [0.3, 0.4) is 0 Å². The average molecular weight is 431 g/mol. The first-order valence-corrected chi connectivity index (χ1v) is 10.4. The van der Waals surface area contributed by atoms with E-state index in [1.807, 2.05) is 32.9 Å². The van der Waals surface area contributed by atoms with Crippen molar-refractivity contribution in [1.82, 2.24) is 10.9 Å². The van der Waals surface area contributed by atoms with Gasteiger partial charge in [-0.1, -0.05) is 19.1 Å². The first-order chi connectivity index (χ1) is 15.0. The van der Waals surface area contributed by atoms with Crippen molar-refractivity contribution in [1.29, 1.82) is 0 Å². The number of hydrogen-bond donors (Lipinski definition) is 2. The lowest BCUT2D eigenvalue weighted by Crippen LogP contribution is -2.43. The van der Waals surface area contributed by atoms with Crippen molar-refractivity contribution in [3.05, 3.63) is 47.5 Å². The van der Waals surface area contributed by atoms with Gasteiger partial charge in [0.1, 0.15) is 5.75 Å². The van der Waals surface area contributed by atoms with Gasteiger partial charge in [-0.25, -0.2) is 0 Å². The number of hydrazine groups is 1. The minimum atomic E-state index is -0.523. The Bertz CT molecular complexity index is 840. The topological polar surface area (TPSA) is 95.1 Å². The van der Waals surface area contributed by atoms with Crippen LogP contribution in [-0.4, -0.2) is 38.2 Å². The molecule has 0 atom stereocenters. The Morgan fingerprint density at radius 3 is 1.87 bits per heavy atom. The van der Waals surface area contributed by atoms with Crippen LogP contribution in [0.5, 0.6) is 23.0 Å². The molecule has 0 spiro atoms. The van der Waals surface area contributed by atoms with Gasteiger partial charge in [-0.3, -0.25) is 20.4 Å². The summed E-state index contributed by atoms with van der Waals surface area (Å²) in [5.41, 5.74) is 6.15. The van der Waals surface area contributed by atoms with Crippen LogP contribution in [0, 0.1) is 0 Å². The molecule has 0 unspecified atom stereocenters. The van der Waals surface area contributed by atoms with Crippen LogP contribution in [0.1, 0.15) is 43.6 Å². The Labute approximate surface area is 182 Å². The maximum Gasteiger partial charge on any atom is 0.276 e. The molecule has 0 aliphatic heterocycles. The third kappa shape index (κ3) is 7.09. The van der Waals surface area contributed by atoms with Crippen molar-refractivity contribution in [2.24, 2.45) is 0 Å². The summed E-state index contributed by atoms with van der Waals surface area (Å²) < 4.78 is 22.3. The Morgan fingerprint density at radius 2 is 1.35 bits per heavy atom. The summed E-state index contributed by atoms with van der Waals surface area (Å²) in [4.78, 5) is 24.6. The first kappa shape index (κ1) is 23.9. The number of ether oxygens (including phenoxy) is 4. The normalized spacial score (nSPS) is 10.2. The highest BCUT2D eigenvalue weighted by molar-refractivity contribution is 5.96. The summed E-state index contributed by atoms with van der Waals surface area (Å²) in [6.45, 7) is 8.55. The van der Waals surface area contributed by atoms with E-state index >= 15 is 0 Å². The van der Waals surface area contributed by atoms with Gasteiger partial charge in [-0.15, -0.1) is 0 Å². The molecule has 0 aliphatic carbocycles. The molecule has 2 aromatic rings. The van der Waals surface area contributed by atoms with Crippen molar-refractivity contribution in [2.75, 3.05) is 26.4 Å². The Balaban J connectivity index is 2.00. The van der Waals surface area contributed by atoms with E-state index in [0.717, 1.165) is 6.42 Å². The van der Waals surface area contributed by atoms with Crippen LogP contribution in [0.15, 0.2) is 36.4 Å². The fraction of sp³-hybridized carbons (Fsp3) is 0.391. The Hall–Kier alpha value is -3.42. The fourth-order valence-electron chi connectivity index (χ4n) is 2.72. The zero-order chi connectivity index (χ0) is 22.6. The first-order valence-electron chi connectivity index (χ1n) is 10.4. The molecule has 2 aromatic carbocycles. The van der Waals surface area contributed by atoms with Crippen molar-refractivity contribution >= 4 is 11.8 Å². The Morgan fingerprint density at radius 1 is 0.774 bits per heavy atom. The van der Waals surface area contributed by atoms with E-state index in [9.17, 15) is 9.59 Å². The second-order valence-electron chi connectivity index (χ2n) is 6.39. The molecule has 0 heterocycles. The second kappa shape index (κ2) is 12.3. The van der Waals surface area contributed by atoms with Crippen LogP contribution < -0.4 is 29.8 Å². The van der Waals surface area contributed by atoms with Crippen molar-refractivity contribution in [3.8, 4) is 23.0 Å². The molecule has 2 N–H and O–H groups in total. The molecule has 0 fully saturated rings. The molecule has 0 aromatic heterocycles. The molecule has 8 heteroatoms. The Kier molecular flexibility index (Phi) is 9.48. The molecule has 168 valence electrons. The minimum absolute atomic E-state index is 0.233. The summed E-state index contributed by atoms with van der Waals surface area (Å²) >= 11 is 0. The van der Waals surface area contributed by atoms with E-state index in [1.54, 1.807) is 24.3 Å². The monoisotopic (exact) mass is 430 g/mol. The maximum atomic E-state index is 12.6. The number of amides is 2. The number of carbonyl (C=O) groups is 2. The van der Waals surface area contributed by atoms with E-state index < -0.39 is 11.8 Å². The van der Waals surface area contributed by atoms with Crippen LogP contribution in [0.2, 0.25) is 0 Å². The molecular formula is C23H30N2O6. The number of nitrogens with one attached hydrogen (secondary N) is 2. The fourth-order valence-corrected chi connectivity index (χ4v) is 2.72. The molecule has 0 saturated carbocycles. The smallest absolute Gasteiger partial charge is 0.276 e. The minimum Gasteiger partial charge on any atom is -0.490 e. The third-order valence-electron chi connectivity index (χ3n) is 4.19. The molecule has 31 heavy (non-hydrogen) atoms. The predicted octanol–water partition coefficient (Wildman–Crippen LogP) is 3.29. The van der Waals surface area contributed by atoms with Crippen molar-refractivity contribution in [3.63, 3.8) is 0 Å². The lowest BCUT2D eigenvalue weighted by atomic mass is 10.1. The second-order valence-corrected chi connectivity index (χ2v) is 6.39. The summed E-state index contributed by atoms with van der Waals surface area (Å²) in [5, 5.41) is 0. The van der Waals surface area contributed by atoms with E-state index in [1.165, 1.54) is 5.56 Å². The van der Waals surface area contributed by atoms with Crippen molar-refractivity contribution < 1.29 is 28.5 Å². The van der Waals surface area contributed by atoms with Crippen LogP contribution in [0.4, 0.5) is 0 Å². The van der Waals surface area contributed by atoms with Gasteiger partial charge in [0.05, 0.1) is 19.8 Å². The van der Waals surface area contributed by atoms with Gasteiger partial charge in [0.2, 0.25) is 5.75 Å². The molecule has 0 radical (unpaired) electrons. The lowest BCUT2D eigenvalue weighted by molar-refractivity contribution is -0.123. The maximum absolute atomic E-state index is 12.6.